The van der Waals surface area contributed by atoms with Crippen molar-refractivity contribution in [2.24, 2.45) is 0 Å². The minimum Gasteiger partial charge on any atom is -0.493 e. The highest BCUT2D eigenvalue weighted by Crippen LogP contribution is 2.33. The maximum absolute atomic E-state index is 5.34. The van der Waals surface area contributed by atoms with Gasteiger partial charge in [0.25, 0.3) is 0 Å². The zero-order chi connectivity index (χ0) is 14.1. The lowest BCUT2D eigenvalue weighted by Crippen LogP contribution is -2.15. The standard InChI is InChI=1S/C14H22INO3/c1-17-7-5-4-6-16-10-11-8-12(15)14(19-3)13(9-11)18-2/h8-9,16H,4-7,10H2,1-3H3. The number of hydrogen-bond donors (Lipinski definition) is 1. The van der Waals surface area contributed by atoms with Crippen LogP contribution in [0.1, 0.15) is 18.4 Å². The summed E-state index contributed by atoms with van der Waals surface area (Å²) in [6.07, 6.45) is 2.21. The minimum absolute atomic E-state index is 0.783. The van der Waals surface area contributed by atoms with Gasteiger partial charge in [-0.1, -0.05) is 0 Å². The maximum atomic E-state index is 5.34. The SMILES string of the molecule is COCCCCNCc1cc(I)c(OC)c(OC)c1. The quantitative estimate of drug-likeness (QED) is 0.529. The first-order valence-electron chi connectivity index (χ1n) is 6.33. The Balaban J connectivity index is 2.48. The molecular formula is C14H22INO3. The van der Waals surface area contributed by atoms with Gasteiger partial charge in [-0.15, -0.1) is 0 Å². The van der Waals surface area contributed by atoms with Gasteiger partial charge >= 0.3 is 0 Å². The minimum atomic E-state index is 0.783. The van der Waals surface area contributed by atoms with Gasteiger partial charge in [0.2, 0.25) is 0 Å². The molecular weight excluding hydrogens is 357 g/mol. The van der Waals surface area contributed by atoms with Crippen molar-refractivity contribution in [3.05, 3.63) is 21.3 Å². The van der Waals surface area contributed by atoms with Crippen LogP contribution in [0.25, 0.3) is 0 Å². The molecule has 5 heteroatoms. The first-order chi connectivity index (χ1) is 9.22. The van der Waals surface area contributed by atoms with Crippen LogP contribution in [0.4, 0.5) is 0 Å². The molecule has 108 valence electrons. The smallest absolute Gasteiger partial charge is 0.174 e. The van der Waals surface area contributed by atoms with Gasteiger partial charge in [0.1, 0.15) is 0 Å². The van der Waals surface area contributed by atoms with Crippen molar-refractivity contribution in [1.82, 2.24) is 5.32 Å². The van der Waals surface area contributed by atoms with Gasteiger partial charge in [-0.25, -0.2) is 0 Å². The molecule has 0 aliphatic heterocycles. The summed E-state index contributed by atoms with van der Waals surface area (Å²) in [6.45, 7) is 2.66. The number of hydrogen-bond acceptors (Lipinski definition) is 4. The van der Waals surface area contributed by atoms with Gasteiger partial charge in [-0.05, 0) is 59.7 Å². The first kappa shape index (κ1) is 16.5. The van der Waals surface area contributed by atoms with Gasteiger partial charge in [-0.3, -0.25) is 0 Å². The molecule has 0 saturated carbocycles. The van der Waals surface area contributed by atoms with E-state index < -0.39 is 0 Å². The Bertz CT molecular complexity index is 385. The average Bonchev–Trinajstić information content (AvgIpc) is 2.42. The lowest BCUT2D eigenvalue weighted by molar-refractivity contribution is 0.192. The van der Waals surface area contributed by atoms with Crippen LogP contribution in [0.5, 0.6) is 11.5 Å². The topological polar surface area (TPSA) is 39.7 Å². The molecule has 19 heavy (non-hydrogen) atoms. The fraction of sp³-hybridized carbons (Fsp3) is 0.571. The van der Waals surface area contributed by atoms with E-state index >= 15 is 0 Å². The van der Waals surface area contributed by atoms with Crippen molar-refractivity contribution in [3.63, 3.8) is 0 Å². The van der Waals surface area contributed by atoms with Crippen molar-refractivity contribution in [2.75, 3.05) is 34.5 Å². The molecule has 1 aromatic carbocycles. The van der Waals surface area contributed by atoms with Crippen LogP contribution in [0, 0.1) is 3.57 Å². The number of nitrogens with one attached hydrogen (secondary N) is 1. The lowest BCUT2D eigenvalue weighted by atomic mass is 10.2. The van der Waals surface area contributed by atoms with Crippen LogP contribution >= 0.6 is 22.6 Å². The van der Waals surface area contributed by atoms with Crippen LogP contribution in [0.3, 0.4) is 0 Å². The molecule has 0 spiro atoms. The van der Waals surface area contributed by atoms with Crippen molar-refractivity contribution < 1.29 is 14.2 Å². The molecule has 1 N–H and O–H groups in total. The number of ether oxygens (including phenoxy) is 3. The molecule has 0 atom stereocenters. The van der Waals surface area contributed by atoms with E-state index in [2.05, 4.69) is 34.0 Å². The Morgan fingerprint density at radius 3 is 2.53 bits per heavy atom. The number of benzene rings is 1. The van der Waals surface area contributed by atoms with E-state index in [0.29, 0.717) is 0 Å². The summed E-state index contributed by atoms with van der Waals surface area (Å²) < 4.78 is 16.8. The Morgan fingerprint density at radius 2 is 1.89 bits per heavy atom. The lowest BCUT2D eigenvalue weighted by Gasteiger charge is -2.12. The first-order valence-corrected chi connectivity index (χ1v) is 7.40. The number of methoxy groups -OCH3 is 3. The molecule has 0 aromatic heterocycles. The molecule has 0 amide bonds. The molecule has 0 aliphatic rings. The second-order valence-electron chi connectivity index (χ2n) is 4.19. The van der Waals surface area contributed by atoms with Gasteiger partial charge in [0.05, 0.1) is 17.8 Å². The van der Waals surface area contributed by atoms with E-state index in [1.165, 1.54) is 5.56 Å². The number of rotatable bonds is 9. The molecule has 0 fully saturated rings. The van der Waals surface area contributed by atoms with Gasteiger partial charge in [0.15, 0.2) is 11.5 Å². The van der Waals surface area contributed by atoms with E-state index in [9.17, 15) is 0 Å². The summed E-state index contributed by atoms with van der Waals surface area (Å²) >= 11 is 2.27. The molecule has 1 aromatic rings. The molecule has 0 bridgehead atoms. The number of unbranched alkanes of at least 4 members (excludes halogenated alkanes) is 1. The zero-order valence-electron chi connectivity index (χ0n) is 11.8. The van der Waals surface area contributed by atoms with E-state index in [1.807, 2.05) is 6.07 Å². The third-order valence-corrected chi connectivity index (χ3v) is 3.58. The molecule has 0 radical (unpaired) electrons. The molecule has 1 rings (SSSR count). The predicted molar refractivity (Wildman–Crippen MR) is 85.1 cm³/mol. The third kappa shape index (κ3) is 5.54. The van der Waals surface area contributed by atoms with Crippen molar-refractivity contribution in [3.8, 4) is 11.5 Å². The third-order valence-electron chi connectivity index (χ3n) is 2.77. The van der Waals surface area contributed by atoms with E-state index in [-0.39, 0.29) is 0 Å². The van der Waals surface area contributed by atoms with Gasteiger partial charge in [-0.2, -0.15) is 0 Å². The second-order valence-corrected chi connectivity index (χ2v) is 5.35. The van der Waals surface area contributed by atoms with Crippen LogP contribution in [-0.4, -0.2) is 34.5 Å². The van der Waals surface area contributed by atoms with Gasteiger partial charge in [0, 0.05) is 20.3 Å². The molecule has 0 unspecified atom stereocenters. The highest BCUT2D eigenvalue weighted by atomic mass is 127. The molecule has 0 heterocycles. The Hall–Kier alpha value is -0.530. The monoisotopic (exact) mass is 379 g/mol. The van der Waals surface area contributed by atoms with Gasteiger partial charge < -0.3 is 19.5 Å². The largest absolute Gasteiger partial charge is 0.493 e. The van der Waals surface area contributed by atoms with Crippen LogP contribution in [0.15, 0.2) is 12.1 Å². The average molecular weight is 379 g/mol. The van der Waals surface area contributed by atoms with Crippen LogP contribution in [0.2, 0.25) is 0 Å². The predicted octanol–water partition coefficient (Wildman–Crippen LogP) is 2.82. The summed E-state index contributed by atoms with van der Waals surface area (Å²) in [5.41, 5.74) is 1.20. The van der Waals surface area contributed by atoms with Crippen LogP contribution in [-0.2, 0) is 11.3 Å². The molecule has 4 nitrogen and oxygen atoms in total. The summed E-state index contributed by atoms with van der Waals surface area (Å²) in [7, 11) is 5.06. The number of halogens is 1. The fourth-order valence-corrected chi connectivity index (χ4v) is 2.69. The summed E-state index contributed by atoms with van der Waals surface area (Å²) in [5, 5.41) is 3.42. The normalized spacial score (nSPS) is 10.5. The summed E-state index contributed by atoms with van der Waals surface area (Å²) in [6, 6.07) is 4.13. The fourth-order valence-electron chi connectivity index (χ4n) is 1.80. The zero-order valence-corrected chi connectivity index (χ0v) is 14.0. The summed E-state index contributed by atoms with van der Waals surface area (Å²) in [4.78, 5) is 0. The van der Waals surface area contributed by atoms with E-state index in [0.717, 1.165) is 47.6 Å². The highest BCUT2D eigenvalue weighted by Gasteiger charge is 2.09. The second kappa shape index (κ2) is 9.39. The van der Waals surface area contributed by atoms with Crippen LogP contribution < -0.4 is 14.8 Å². The Morgan fingerprint density at radius 1 is 1.11 bits per heavy atom. The Labute approximate surface area is 129 Å². The molecule has 0 saturated heterocycles. The van der Waals surface area contributed by atoms with E-state index in [4.69, 9.17) is 14.2 Å². The van der Waals surface area contributed by atoms with Crippen molar-refractivity contribution >= 4 is 22.6 Å². The van der Waals surface area contributed by atoms with E-state index in [1.54, 1.807) is 21.3 Å². The molecule has 0 aliphatic carbocycles. The van der Waals surface area contributed by atoms with Crippen molar-refractivity contribution in [1.29, 1.82) is 0 Å². The summed E-state index contributed by atoms with van der Waals surface area (Å²) in [5.74, 6) is 1.58. The Kier molecular flexibility index (Phi) is 8.16. The van der Waals surface area contributed by atoms with Crippen molar-refractivity contribution in [2.45, 2.75) is 19.4 Å². The highest BCUT2D eigenvalue weighted by molar-refractivity contribution is 14.1. The maximum Gasteiger partial charge on any atom is 0.174 e.